The van der Waals surface area contributed by atoms with E-state index >= 15 is 0 Å². The summed E-state index contributed by atoms with van der Waals surface area (Å²) in [5, 5.41) is 12.8. The second-order valence-electron chi connectivity index (χ2n) is 6.09. The second kappa shape index (κ2) is 10.1. The Bertz CT molecular complexity index is 1070. The van der Waals surface area contributed by atoms with Crippen LogP contribution in [0.5, 0.6) is 5.75 Å². The summed E-state index contributed by atoms with van der Waals surface area (Å²) in [4.78, 5) is 12.3. The lowest BCUT2D eigenvalue weighted by Gasteiger charge is -2.09. The largest absolute Gasteiger partial charge is 0.488 e. The van der Waals surface area contributed by atoms with E-state index < -0.39 is 5.91 Å². The van der Waals surface area contributed by atoms with E-state index in [-0.39, 0.29) is 5.57 Å². The summed E-state index contributed by atoms with van der Waals surface area (Å²) in [6.45, 7) is 0.422. The number of para-hydroxylation sites is 1. The first-order valence-electron chi connectivity index (χ1n) is 8.70. The van der Waals surface area contributed by atoms with Crippen LogP contribution in [0, 0.1) is 14.9 Å². The van der Waals surface area contributed by atoms with E-state index in [0.717, 1.165) is 20.4 Å². The Morgan fingerprint density at radius 3 is 2.48 bits per heavy atom. The molecule has 0 fully saturated rings. The van der Waals surface area contributed by atoms with Gasteiger partial charge in [-0.2, -0.15) is 5.26 Å². The first kappa shape index (κ1) is 20.9. The van der Waals surface area contributed by atoms with Gasteiger partial charge < -0.3 is 10.1 Å². The fraction of sp³-hybridized carbons (Fsp3) is 0.0435. The summed E-state index contributed by atoms with van der Waals surface area (Å²) in [7, 11) is 0. The number of halogens is 2. The Morgan fingerprint density at radius 1 is 1.10 bits per heavy atom. The van der Waals surface area contributed by atoms with Crippen LogP contribution in [-0.4, -0.2) is 5.91 Å². The molecule has 3 aromatic rings. The summed E-state index contributed by atoms with van der Waals surface area (Å²) in [5.74, 6) is 0.279. The molecule has 0 atom stereocenters. The van der Waals surface area contributed by atoms with Gasteiger partial charge in [0.1, 0.15) is 24.0 Å². The molecule has 1 amide bonds. The Morgan fingerprint density at radius 2 is 1.83 bits per heavy atom. The molecule has 0 saturated carbocycles. The van der Waals surface area contributed by atoms with Crippen LogP contribution in [0.15, 0.2) is 78.4 Å². The monoisotopic (exact) mass is 514 g/mol. The quantitative estimate of drug-likeness (QED) is 0.247. The van der Waals surface area contributed by atoms with Crippen molar-refractivity contribution in [1.29, 1.82) is 5.26 Å². The van der Waals surface area contributed by atoms with Crippen LogP contribution in [0.2, 0.25) is 5.02 Å². The maximum absolute atomic E-state index is 12.3. The van der Waals surface area contributed by atoms with Gasteiger partial charge in [-0.05, 0) is 76.2 Å². The highest BCUT2D eigenvalue weighted by molar-refractivity contribution is 14.1. The Hall–Kier alpha value is -2.82. The summed E-state index contributed by atoms with van der Waals surface area (Å²) >= 11 is 8.06. The zero-order valence-electron chi connectivity index (χ0n) is 15.2. The smallest absolute Gasteiger partial charge is 0.266 e. The third-order valence-electron chi connectivity index (χ3n) is 3.97. The molecule has 1 N–H and O–H groups in total. The number of ether oxygens (including phenoxy) is 1. The number of nitrogens with one attached hydrogen (secondary N) is 1. The van der Waals surface area contributed by atoms with E-state index in [0.29, 0.717) is 17.3 Å². The number of nitriles is 1. The van der Waals surface area contributed by atoms with E-state index in [1.54, 1.807) is 18.2 Å². The molecule has 0 aromatic heterocycles. The third-order valence-corrected chi connectivity index (χ3v) is 5.07. The fourth-order valence-corrected chi connectivity index (χ4v) is 3.32. The molecule has 0 radical (unpaired) electrons. The summed E-state index contributed by atoms with van der Waals surface area (Å²) < 4.78 is 6.74. The van der Waals surface area contributed by atoms with Crippen LogP contribution in [-0.2, 0) is 11.4 Å². The van der Waals surface area contributed by atoms with Crippen molar-refractivity contribution >= 4 is 51.9 Å². The number of nitrogens with zero attached hydrogens (tertiary/aromatic N) is 1. The molecule has 0 aliphatic carbocycles. The number of hydrogen-bond donors (Lipinski definition) is 1. The highest BCUT2D eigenvalue weighted by atomic mass is 127. The van der Waals surface area contributed by atoms with Crippen LogP contribution in [0.1, 0.15) is 11.1 Å². The molecule has 0 spiro atoms. The van der Waals surface area contributed by atoms with Gasteiger partial charge in [0.05, 0.1) is 3.57 Å². The molecule has 4 nitrogen and oxygen atoms in total. The molecule has 144 valence electrons. The molecule has 0 aliphatic heterocycles. The summed E-state index contributed by atoms with van der Waals surface area (Å²) in [5.41, 5.74) is 2.42. The van der Waals surface area contributed by atoms with Gasteiger partial charge in [-0.25, -0.2) is 0 Å². The normalized spacial score (nSPS) is 10.9. The highest BCUT2D eigenvalue weighted by Crippen LogP contribution is 2.24. The van der Waals surface area contributed by atoms with E-state index in [1.807, 2.05) is 66.7 Å². The summed E-state index contributed by atoms with van der Waals surface area (Å²) in [6, 6.07) is 24.0. The topological polar surface area (TPSA) is 62.1 Å². The first-order chi connectivity index (χ1) is 14.0. The number of amides is 1. The number of rotatable bonds is 6. The van der Waals surface area contributed by atoms with Crippen molar-refractivity contribution in [3.63, 3.8) is 0 Å². The minimum atomic E-state index is -0.447. The van der Waals surface area contributed by atoms with E-state index in [4.69, 9.17) is 16.3 Å². The van der Waals surface area contributed by atoms with Crippen LogP contribution in [0.3, 0.4) is 0 Å². The van der Waals surface area contributed by atoms with Gasteiger partial charge in [0.15, 0.2) is 0 Å². The molecular formula is C23H16ClIN2O2. The van der Waals surface area contributed by atoms with Gasteiger partial charge in [-0.3, -0.25) is 4.79 Å². The summed E-state index contributed by atoms with van der Waals surface area (Å²) in [6.07, 6.45) is 1.56. The molecule has 29 heavy (non-hydrogen) atoms. The van der Waals surface area contributed by atoms with Crippen molar-refractivity contribution in [2.24, 2.45) is 0 Å². The minimum Gasteiger partial charge on any atom is -0.488 e. The van der Waals surface area contributed by atoms with Crippen molar-refractivity contribution in [2.75, 3.05) is 5.32 Å². The van der Waals surface area contributed by atoms with Crippen molar-refractivity contribution in [2.45, 2.75) is 6.61 Å². The highest BCUT2D eigenvalue weighted by Gasteiger charge is 2.10. The minimum absolute atomic E-state index is 0.0273. The lowest BCUT2D eigenvalue weighted by Crippen LogP contribution is -2.13. The van der Waals surface area contributed by atoms with Gasteiger partial charge in [0, 0.05) is 10.7 Å². The zero-order chi connectivity index (χ0) is 20.6. The zero-order valence-corrected chi connectivity index (χ0v) is 18.1. The maximum atomic E-state index is 12.3. The van der Waals surface area contributed by atoms with Gasteiger partial charge in [-0.15, -0.1) is 0 Å². The van der Waals surface area contributed by atoms with Crippen molar-refractivity contribution in [3.8, 4) is 11.8 Å². The van der Waals surface area contributed by atoms with E-state index in [2.05, 4.69) is 27.9 Å². The standard InChI is InChI=1S/C23H16ClIN2O2/c24-19-9-6-16(7-10-19)15-29-22-11-8-17(13-21(22)25)12-18(14-26)23(28)27-20-4-2-1-3-5-20/h1-13H,15H2,(H,27,28). The molecule has 0 bridgehead atoms. The third kappa shape index (κ3) is 6.08. The Kier molecular flexibility index (Phi) is 7.28. The van der Waals surface area contributed by atoms with Crippen molar-refractivity contribution in [3.05, 3.63) is 98.1 Å². The molecule has 6 heteroatoms. The van der Waals surface area contributed by atoms with Crippen molar-refractivity contribution < 1.29 is 9.53 Å². The van der Waals surface area contributed by atoms with Crippen LogP contribution in [0.25, 0.3) is 6.08 Å². The van der Waals surface area contributed by atoms with Crippen molar-refractivity contribution in [1.82, 2.24) is 0 Å². The van der Waals surface area contributed by atoms with E-state index in [1.165, 1.54) is 0 Å². The molecule has 3 rings (SSSR count). The van der Waals surface area contributed by atoms with Gasteiger partial charge in [-0.1, -0.05) is 48.0 Å². The SMILES string of the molecule is N#CC(=Cc1ccc(OCc2ccc(Cl)cc2)c(I)c1)C(=O)Nc1ccccc1. The lowest BCUT2D eigenvalue weighted by molar-refractivity contribution is -0.112. The number of hydrogen-bond acceptors (Lipinski definition) is 3. The molecule has 0 heterocycles. The Balaban J connectivity index is 1.70. The Labute approximate surface area is 187 Å². The van der Waals surface area contributed by atoms with Gasteiger partial charge in [0.25, 0.3) is 5.91 Å². The number of benzene rings is 3. The first-order valence-corrected chi connectivity index (χ1v) is 10.2. The van der Waals surface area contributed by atoms with Gasteiger partial charge in [0.2, 0.25) is 0 Å². The maximum Gasteiger partial charge on any atom is 0.266 e. The molecule has 0 saturated heterocycles. The predicted molar refractivity (Wildman–Crippen MR) is 124 cm³/mol. The van der Waals surface area contributed by atoms with Gasteiger partial charge >= 0.3 is 0 Å². The van der Waals surface area contributed by atoms with Crippen LogP contribution >= 0.6 is 34.2 Å². The predicted octanol–water partition coefficient (Wildman–Crippen LogP) is 6.07. The molecule has 0 aliphatic rings. The molecule has 3 aromatic carbocycles. The van der Waals surface area contributed by atoms with Crippen LogP contribution < -0.4 is 10.1 Å². The number of carbonyl (C=O) groups is 1. The molecular weight excluding hydrogens is 499 g/mol. The number of carbonyl (C=O) groups excluding carboxylic acids is 1. The number of anilines is 1. The lowest BCUT2D eigenvalue weighted by atomic mass is 10.1. The molecule has 0 unspecified atom stereocenters. The average molecular weight is 515 g/mol. The fourth-order valence-electron chi connectivity index (χ4n) is 2.50. The average Bonchev–Trinajstić information content (AvgIpc) is 2.73. The second-order valence-corrected chi connectivity index (χ2v) is 7.69. The van der Waals surface area contributed by atoms with Crippen LogP contribution in [0.4, 0.5) is 5.69 Å². The van der Waals surface area contributed by atoms with E-state index in [9.17, 15) is 10.1 Å².